The molecule has 0 aliphatic carbocycles. The first-order chi connectivity index (χ1) is 16.5. The number of hydrogen-bond donors (Lipinski definition) is 2. The lowest BCUT2D eigenvalue weighted by molar-refractivity contribution is -0.128. The summed E-state index contributed by atoms with van der Waals surface area (Å²) in [6, 6.07) is 16.7. The van der Waals surface area contributed by atoms with E-state index in [0.717, 1.165) is 11.1 Å². The number of hydrogen-bond acceptors (Lipinski definition) is 6. The van der Waals surface area contributed by atoms with Crippen LogP contribution in [0.4, 0.5) is 11.8 Å². The van der Waals surface area contributed by atoms with E-state index in [1.165, 1.54) is 0 Å². The van der Waals surface area contributed by atoms with E-state index in [0.29, 0.717) is 40.7 Å². The normalized spacial score (nSPS) is 10.7. The second kappa shape index (κ2) is 11.0. The van der Waals surface area contributed by atoms with E-state index < -0.39 is 0 Å². The molecule has 2 aromatic heterocycles. The summed E-state index contributed by atoms with van der Waals surface area (Å²) in [5.41, 5.74) is 2.00. The lowest BCUT2D eigenvalue weighted by Gasteiger charge is -2.18. The molecule has 0 saturated heterocycles. The Morgan fingerprint density at radius 2 is 1.82 bits per heavy atom. The molecule has 0 aliphatic rings. The molecule has 2 N–H and O–H groups in total. The number of rotatable bonds is 9. The number of benzene rings is 2. The lowest BCUT2D eigenvalue weighted by atomic mass is 10.2. The van der Waals surface area contributed by atoms with E-state index in [-0.39, 0.29) is 12.5 Å². The van der Waals surface area contributed by atoms with Gasteiger partial charge in [-0.3, -0.25) is 9.36 Å². The fourth-order valence-corrected chi connectivity index (χ4v) is 3.55. The van der Waals surface area contributed by atoms with Gasteiger partial charge in [-0.05, 0) is 35.4 Å². The number of carbonyl (C=O) groups excluding carboxylic acids is 1. The van der Waals surface area contributed by atoms with Gasteiger partial charge in [0.2, 0.25) is 11.9 Å². The zero-order valence-electron chi connectivity index (χ0n) is 18.4. The zero-order valence-corrected chi connectivity index (χ0v) is 20.0. The zero-order chi connectivity index (χ0) is 23.9. The number of likely N-dealkylation sites (N-methyl/N-ethyl adjacent to an activating group) is 1. The molecule has 0 spiro atoms. The molecule has 8 nitrogen and oxygen atoms in total. The number of anilines is 2. The highest BCUT2D eigenvalue weighted by Crippen LogP contribution is 2.16. The van der Waals surface area contributed by atoms with Crippen molar-refractivity contribution in [3.63, 3.8) is 0 Å². The van der Waals surface area contributed by atoms with Crippen LogP contribution in [0, 0.1) is 0 Å². The Morgan fingerprint density at radius 1 is 1.00 bits per heavy atom. The second-order valence-electron chi connectivity index (χ2n) is 7.62. The van der Waals surface area contributed by atoms with Gasteiger partial charge in [0.15, 0.2) is 0 Å². The molecule has 4 aromatic rings. The van der Waals surface area contributed by atoms with Gasteiger partial charge in [0.1, 0.15) is 18.0 Å². The maximum atomic E-state index is 12.7. The fourth-order valence-electron chi connectivity index (χ4n) is 3.21. The van der Waals surface area contributed by atoms with Gasteiger partial charge in [-0.2, -0.15) is 9.97 Å². The fraction of sp³-hybridized carbons (Fsp3) is 0.167. The molecule has 0 atom stereocenters. The number of imidazole rings is 1. The number of carbonyl (C=O) groups is 1. The number of amides is 1. The molecule has 10 heteroatoms. The summed E-state index contributed by atoms with van der Waals surface area (Å²) < 4.78 is 1.77. The van der Waals surface area contributed by atoms with Crippen LogP contribution >= 0.6 is 23.2 Å². The van der Waals surface area contributed by atoms with Gasteiger partial charge < -0.3 is 15.5 Å². The molecule has 174 valence electrons. The Balaban J connectivity index is 1.44. The average Bonchev–Trinajstić information content (AvgIpc) is 3.38. The maximum absolute atomic E-state index is 12.7. The molecule has 2 aromatic carbocycles. The van der Waals surface area contributed by atoms with Crippen molar-refractivity contribution in [2.24, 2.45) is 0 Å². The number of nitrogens with zero attached hydrogens (tertiary/aromatic N) is 5. The first-order valence-electron chi connectivity index (χ1n) is 10.5. The summed E-state index contributed by atoms with van der Waals surface area (Å²) in [6.45, 7) is 1.06. The molecule has 0 aliphatic heterocycles. The minimum atomic E-state index is -0.0776. The summed E-state index contributed by atoms with van der Waals surface area (Å²) in [5, 5.41) is 7.66. The SMILES string of the molecule is CN(Cc1ccc(Cl)cc1)C(=O)CNc1cc(-n2ccnc2)nc(NCc2cccc(Cl)c2)n1. The number of nitrogens with one attached hydrogen (secondary N) is 2. The van der Waals surface area contributed by atoms with Crippen molar-refractivity contribution >= 4 is 40.9 Å². The smallest absolute Gasteiger partial charge is 0.241 e. The van der Waals surface area contributed by atoms with E-state index >= 15 is 0 Å². The minimum absolute atomic E-state index is 0.0776. The van der Waals surface area contributed by atoms with Crippen LogP contribution in [-0.4, -0.2) is 43.9 Å². The molecule has 1 amide bonds. The molecule has 0 unspecified atom stereocenters. The Labute approximate surface area is 207 Å². The highest BCUT2D eigenvalue weighted by Gasteiger charge is 2.12. The summed E-state index contributed by atoms with van der Waals surface area (Å²) in [5.74, 6) is 1.47. The van der Waals surface area contributed by atoms with Gasteiger partial charge in [-0.1, -0.05) is 47.5 Å². The van der Waals surface area contributed by atoms with Crippen LogP contribution in [0.5, 0.6) is 0 Å². The van der Waals surface area contributed by atoms with Crippen molar-refractivity contribution in [2.75, 3.05) is 24.2 Å². The Bertz CT molecular complexity index is 1250. The predicted molar refractivity (Wildman–Crippen MR) is 134 cm³/mol. The van der Waals surface area contributed by atoms with Crippen molar-refractivity contribution in [2.45, 2.75) is 13.1 Å². The van der Waals surface area contributed by atoms with Crippen LogP contribution in [0.1, 0.15) is 11.1 Å². The van der Waals surface area contributed by atoms with Crippen LogP contribution < -0.4 is 10.6 Å². The van der Waals surface area contributed by atoms with Gasteiger partial charge in [0.25, 0.3) is 0 Å². The summed E-state index contributed by atoms with van der Waals surface area (Å²) in [4.78, 5) is 27.5. The molecule has 0 bridgehead atoms. The third-order valence-corrected chi connectivity index (χ3v) is 5.49. The molecule has 34 heavy (non-hydrogen) atoms. The Morgan fingerprint density at radius 3 is 2.56 bits per heavy atom. The predicted octanol–water partition coefficient (Wildman–Crippen LogP) is 4.65. The van der Waals surface area contributed by atoms with Gasteiger partial charge in [-0.15, -0.1) is 0 Å². The van der Waals surface area contributed by atoms with E-state index in [1.807, 2.05) is 48.5 Å². The largest absolute Gasteiger partial charge is 0.361 e. The van der Waals surface area contributed by atoms with Crippen molar-refractivity contribution in [3.8, 4) is 5.82 Å². The Kier molecular flexibility index (Phi) is 7.61. The first-order valence-corrected chi connectivity index (χ1v) is 11.3. The third-order valence-electron chi connectivity index (χ3n) is 5.00. The van der Waals surface area contributed by atoms with Gasteiger partial charge >= 0.3 is 0 Å². The van der Waals surface area contributed by atoms with Crippen molar-refractivity contribution in [3.05, 3.63) is 94.5 Å². The van der Waals surface area contributed by atoms with Crippen molar-refractivity contribution in [1.29, 1.82) is 0 Å². The monoisotopic (exact) mass is 495 g/mol. The molecule has 4 rings (SSSR count). The standard InChI is InChI=1S/C24H23Cl2N7O/c1-32(15-17-5-7-19(25)8-6-17)23(34)14-28-21-12-22(33-10-9-27-16-33)31-24(30-21)29-13-18-3-2-4-20(26)11-18/h2-12,16H,13-15H2,1H3,(H2,28,29,30,31). The Hall–Kier alpha value is -3.62. The summed E-state index contributed by atoms with van der Waals surface area (Å²) in [6.07, 6.45) is 5.11. The molecule has 0 fully saturated rings. The second-order valence-corrected chi connectivity index (χ2v) is 8.49. The van der Waals surface area contributed by atoms with Crippen LogP contribution in [0.3, 0.4) is 0 Å². The summed E-state index contributed by atoms with van der Waals surface area (Å²) >= 11 is 12.0. The van der Waals surface area contributed by atoms with Gasteiger partial charge in [-0.25, -0.2) is 4.98 Å². The van der Waals surface area contributed by atoms with E-state index in [4.69, 9.17) is 23.2 Å². The average molecular weight is 496 g/mol. The quantitative estimate of drug-likeness (QED) is 0.351. The van der Waals surface area contributed by atoms with E-state index in [1.54, 1.807) is 41.3 Å². The highest BCUT2D eigenvalue weighted by atomic mass is 35.5. The lowest BCUT2D eigenvalue weighted by Crippen LogP contribution is -2.32. The molecule has 2 heterocycles. The highest BCUT2D eigenvalue weighted by molar-refractivity contribution is 6.30. The third kappa shape index (κ3) is 6.46. The van der Waals surface area contributed by atoms with Crippen LogP contribution in [0.25, 0.3) is 5.82 Å². The number of halogens is 2. The van der Waals surface area contributed by atoms with Crippen LogP contribution in [-0.2, 0) is 17.9 Å². The molecular weight excluding hydrogens is 473 g/mol. The van der Waals surface area contributed by atoms with Crippen LogP contribution in [0.15, 0.2) is 73.3 Å². The number of aromatic nitrogens is 4. The van der Waals surface area contributed by atoms with E-state index in [2.05, 4.69) is 25.6 Å². The molecule has 0 radical (unpaired) electrons. The first kappa shape index (κ1) is 23.5. The molecular formula is C24H23Cl2N7O. The van der Waals surface area contributed by atoms with Gasteiger partial charge in [0.05, 0.1) is 6.54 Å². The minimum Gasteiger partial charge on any atom is -0.361 e. The van der Waals surface area contributed by atoms with Gasteiger partial charge in [0, 0.05) is 48.6 Å². The van der Waals surface area contributed by atoms with Crippen molar-refractivity contribution in [1.82, 2.24) is 24.4 Å². The van der Waals surface area contributed by atoms with Crippen LogP contribution in [0.2, 0.25) is 10.0 Å². The topological polar surface area (TPSA) is 88.0 Å². The maximum Gasteiger partial charge on any atom is 0.241 e. The van der Waals surface area contributed by atoms with E-state index in [9.17, 15) is 4.79 Å². The molecule has 0 saturated carbocycles. The van der Waals surface area contributed by atoms with Crippen molar-refractivity contribution < 1.29 is 4.79 Å². The summed E-state index contributed by atoms with van der Waals surface area (Å²) in [7, 11) is 1.76.